The monoisotopic (exact) mass is 385 g/mol. The van der Waals surface area contributed by atoms with Gasteiger partial charge in [0.15, 0.2) is 0 Å². The molecule has 2 amide bonds. The Bertz CT molecular complexity index is 753. The van der Waals surface area contributed by atoms with Gasteiger partial charge in [-0.3, -0.25) is 9.59 Å². The van der Waals surface area contributed by atoms with Gasteiger partial charge in [0, 0.05) is 41.7 Å². The van der Waals surface area contributed by atoms with Crippen LogP contribution < -0.4 is 10.6 Å². The Morgan fingerprint density at radius 1 is 1.19 bits per heavy atom. The first kappa shape index (κ1) is 19.6. The number of anilines is 1. The van der Waals surface area contributed by atoms with Crippen molar-refractivity contribution < 1.29 is 9.59 Å². The number of benzene rings is 1. The average molecular weight is 386 g/mol. The Morgan fingerprint density at radius 3 is 2.70 bits per heavy atom. The maximum atomic E-state index is 12.7. The van der Waals surface area contributed by atoms with Crippen LogP contribution in [-0.2, 0) is 11.2 Å². The van der Waals surface area contributed by atoms with E-state index in [0.29, 0.717) is 23.7 Å². The summed E-state index contributed by atoms with van der Waals surface area (Å²) in [6.45, 7) is 1.54. The molecule has 1 saturated heterocycles. The average Bonchev–Trinajstić information content (AvgIpc) is 3.21. The van der Waals surface area contributed by atoms with Crippen LogP contribution in [0.3, 0.4) is 0 Å². The van der Waals surface area contributed by atoms with Crippen LogP contribution >= 0.6 is 11.3 Å². The molecule has 1 aromatic carbocycles. The van der Waals surface area contributed by atoms with Crippen molar-refractivity contribution in [1.29, 1.82) is 0 Å². The summed E-state index contributed by atoms with van der Waals surface area (Å²) in [5.41, 5.74) is 1.32. The molecule has 0 aliphatic carbocycles. The molecule has 0 unspecified atom stereocenters. The van der Waals surface area contributed by atoms with Crippen LogP contribution in [-0.4, -0.2) is 42.9 Å². The molecule has 1 aliphatic heterocycles. The third kappa shape index (κ3) is 5.65. The van der Waals surface area contributed by atoms with Crippen LogP contribution in [0.2, 0.25) is 0 Å². The molecule has 1 aliphatic rings. The topological polar surface area (TPSA) is 61.4 Å². The summed E-state index contributed by atoms with van der Waals surface area (Å²) in [5.74, 6) is 0.0318. The number of carbonyl (C=O) groups excluding carboxylic acids is 2. The van der Waals surface area contributed by atoms with E-state index in [1.807, 2.05) is 36.2 Å². The van der Waals surface area contributed by atoms with E-state index in [9.17, 15) is 9.59 Å². The summed E-state index contributed by atoms with van der Waals surface area (Å²) in [6, 6.07) is 11.9. The van der Waals surface area contributed by atoms with E-state index in [2.05, 4.69) is 22.1 Å². The second-order valence-electron chi connectivity index (χ2n) is 6.92. The molecule has 2 N–H and O–H groups in total. The Balaban J connectivity index is 1.50. The van der Waals surface area contributed by atoms with Crippen molar-refractivity contribution in [3.8, 4) is 0 Å². The number of nitrogens with one attached hydrogen (secondary N) is 2. The predicted molar refractivity (Wildman–Crippen MR) is 110 cm³/mol. The van der Waals surface area contributed by atoms with E-state index in [4.69, 9.17) is 0 Å². The highest BCUT2D eigenvalue weighted by Crippen LogP contribution is 2.17. The fraction of sp³-hybridized carbons (Fsp3) is 0.429. The highest BCUT2D eigenvalue weighted by molar-refractivity contribution is 7.09. The molecule has 144 valence electrons. The summed E-state index contributed by atoms with van der Waals surface area (Å²) in [4.78, 5) is 28.1. The molecule has 0 spiro atoms. The molecule has 6 heteroatoms. The predicted octanol–water partition coefficient (Wildman–Crippen LogP) is 3.53. The van der Waals surface area contributed by atoms with E-state index in [0.717, 1.165) is 38.8 Å². The van der Waals surface area contributed by atoms with Gasteiger partial charge in [-0.15, -0.1) is 11.3 Å². The van der Waals surface area contributed by atoms with E-state index >= 15 is 0 Å². The number of carbonyl (C=O) groups is 2. The van der Waals surface area contributed by atoms with E-state index < -0.39 is 0 Å². The summed E-state index contributed by atoms with van der Waals surface area (Å²) in [6.07, 6.45) is 4.18. The van der Waals surface area contributed by atoms with Gasteiger partial charge in [-0.2, -0.15) is 0 Å². The second kappa shape index (κ2) is 9.67. The molecule has 0 bridgehead atoms. The number of thiophene rings is 1. The third-order valence-corrected chi connectivity index (χ3v) is 5.93. The molecular formula is C21H27N3O2S. The minimum Gasteiger partial charge on any atom is -0.339 e. The summed E-state index contributed by atoms with van der Waals surface area (Å²) < 4.78 is 0. The SMILES string of the molecule is CNC1CCN(C(=O)c2cccc(NC(=O)CCCc3cccs3)c2)CC1. The number of hydrogen-bond acceptors (Lipinski definition) is 4. The molecule has 1 fully saturated rings. The number of rotatable bonds is 7. The van der Waals surface area contributed by atoms with Crippen LogP contribution in [0.15, 0.2) is 41.8 Å². The number of aryl methyl sites for hydroxylation is 1. The molecule has 1 aromatic heterocycles. The maximum absolute atomic E-state index is 12.7. The van der Waals surface area contributed by atoms with Crippen LogP contribution in [0.25, 0.3) is 0 Å². The van der Waals surface area contributed by atoms with Gasteiger partial charge in [0.1, 0.15) is 0 Å². The van der Waals surface area contributed by atoms with Crippen molar-refractivity contribution in [3.63, 3.8) is 0 Å². The molecule has 0 atom stereocenters. The lowest BCUT2D eigenvalue weighted by atomic mass is 10.0. The zero-order valence-electron chi connectivity index (χ0n) is 15.7. The van der Waals surface area contributed by atoms with Gasteiger partial charge < -0.3 is 15.5 Å². The number of amides is 2. The zero-order chi connectivity index (χ0) is 19.1. The van der Waals surface area contributed by atoms with E-state index in [-0.39, 0.29) is 11.8 Å². The highest BCUT2D eigenvalue weighted by atomic mass is 32.1. The Hall–Kier alpha value is -2.18. The van der Waals surface area contributed by atoms with Gasteiger partial charge in [0.25, 0.3) is 5.91 Å². The maximum Gasteiger partial charge on any atom is 0.253 e. The quantitative estimate of drug-likeness (QED) is 0.766. The summed E-state index contributed by atoms with van der Waals surface area (Å²) in [5, 5.41) is 8.25. The third-order valence-electron chi connectivity index (χ3n) is 4.99. The summed E-state index contributed by atoms with van der Waals surface area (Å²) >= 11 is 1.72. The molecule has 0 saturated carbocycles. The Kier molecular flexibility index (Phi) is 7.01. The first-order valence-corrected chi connectivity index (χ1v) is 10.4. The Labute approximate surface area is 164 Å². The minimum atomic E-state index is -0.00834. The first-order valence-electron chi connectivity index (χ1n) is 9.54. The smallest absolute Gasteiger partial charge is 0.253 e. The lowest BCUT2D eigenvalue weighted by Crippen LogP contribution is -2.43. The molecular weight excluding hydrogens is 358 g/mol. The van der Waals surface area contributed by atoms with Crippen LogP contribution in [0.1, 0.15) is 40.9 Å². The number of nitrogens with zero attached hydrogens (tertiary/aromatic N) is 1. The molecule has 3 rings (SSSR count). The van der Waals surface area contributed by atoms with Crippen molar-refractivity contribution in [3.05, 3.63) is 52.2 Å². The van der Waals surface area contributed by atoms with E-state index in [1.54, 1.807) is 17.4 Å². The van der Waals surface area contributed by atoms with Crippen molar-refractivity contribution >= 4 is 28.8 Å². The normalized spacial score (nSPS) is 14.9. The molecule has 2 heterocycles. The van der Waals surface area contributed by atoms with Gasteiger partial charge >= 0.3 is 0 Å². The Morgan fingerprint density at radius 2 is 2.00 bits per heavy atom. The van der Waals surface area contributed by atoms with E-state index in [1.165, 1.54) is 4.88 Å². The molecule has 0 radical (unpaired) electrons. The van der Waals surface area contributed by atoms with Crippen molar-refractivity contribution in [2.75, 3.05) is 25.5 Å². The van der Waals surface area contributed by atoms with Crippen molar-refractivity contribution in [1.82, 2.24) is 10.2 Å². The van der Waals surface area contributed by atoms with Crippen LogP contribution in [0.5, 0.6) is 0 Å². The van der Waals surface area contributed by atoms with Gasteiger partial charge in [-0.1, -0.05) is 12.1 Å². The zero-order valence-corrected chi connectivity index (χ0v) is 16.6. The van der Waals surface area contributed by atoms with Crippen molar-refractivity contribution in [2.45, 2.75) is 38.1 Å². The standard InChI is InChI=1S/C21H27N3O2S/c1-22-17-10-12-24(13-11-17)21(26)16-5-2-6-18(15-16)23-20(25)9-3-7-19-8-4-14-27-19/h2,4-6,8,14-15,17,22H,3,7,9-13H2,1H3,(H,23,25). The van der Waals surface area contributed by atoms with Crippen molar-refractivity contribution in [2.24, 2.45) is 0 Å². The molecule has 5 nitrogen and oxygen atoms in total. The number of likely N-dealkylation sites (tertiary alicyclic amines) is 1. The largest absolute Gasteiger partial charge is 0.339 e. The fourth-order valence-electron chi connectivity index (χ4n) is 3.39. The number of piperidine rings is 1. The lowest BCUT2D eigenvalue weighted by Gasteiger charge is -2.32. The van der Waals surface area contributed by atoms with Gasteiger partial charge in [-0.25, -0.2) is 0 Å². The molecule has 27 heavy (non-hydrogen) atoms. The first-order chi connectivity index (χ1) is 13.2. The summed E-state index contributed by atoms with van der Waals surface area (Å²) in [7, 11) is 1.97. The lowest BCUT2D eigenvalue weighted by molar-refractivity contribution is -0.116. The second-order valence-corrected chi connectivity index (χ2v) is 7.95. The molecule has 2 aromatic rings. The minimum absolute atomic E-state index is 0.00834. The van der Waals surface area contributed by atoms with Gasteiger partial charge in [0.05, 0.1) is 0 Å². The van der Waals surface area contributed by atoms with Gasteiger partial charge in [0.2, 0.25) is 5.91 Å². The van der Waals surface area contributed by atoms with Crippen LogP contribution in [0, 0.1) is 0 Å². The highest BCUT2D eigenvalue weighted by Gasteiger charge is 2.22. The fourth-order valence-corrected chi connectivity index (χ4v) is 4.14. The van der Waals surface area contributed by atoms with Gasteiger partial charge in [-0.05, 0) is 62.4 Å². The number of hydrogen-bond donors (Lipinski definition) is 2. The van der Waals surface area contributed by atoms with Crippen LogP contribution in [0.4, 0.5) is 5.69 Å².